The summed E-state index contributed by atoms with van der Waals surface area (Å²) in [7, 11) is 3.10. The number of allylic oxidation sites excluding steroid dienone is 1. The van der Waals surface area contributed by atoms with Gasteiger partial charge in [-0.15, -0.1) is 0 Å². The molecule has 0 spiro atoms. The van der Waals surface area contributed by atoms with Crippen LogP contribution in [0, 0.1) is 0 Å². The quantitative estimate of drug-likeness (QED) is 0.409. The van der Waals surface area contributed by atoms with E-state index in [9.17, 15) is 9.59 Å². The Balaban J connectivity index is 1.71. The third-order valence-electron chi connectivity index (χ3n) is 4.32. The van der Waals surface area contributed by atoms with Crippen molar-refractivity contribution in [2.75, 3.05) is 27.4 Å². The summed E-state index contributed by atoms with van der Waals surface area (Å²) in [6, 6.07) is 5.28. The van der Waals surface area contributed by atoms with Crippen LogP contribution in [0.2, 0.25) is 0 Å². The van der Waals surface area contributed by atoms with Crippen LogP contribution in [-0.4, -0.2) is 39.2 Å². The number of carbonyl (C=O) groups is 2. The summed E-state index contributed by atoms with van der Waals surface area (Å²) in [6.07, 6.45) is 10.7. The van der Waals surface area contributed by atoms with E-state index in [0.29, 0.717) is 18.0 Å². The largest absolute Gasteiger partial charge is 0.493 e. The van der Waals surface area contributed by atoms with Crippen LogP contribution in [0.1, 0.15) is 37.7 Å². The number of amides is 1. The zero-order chi connectivity index (χ0) is 19.5. The van der Waals surface area contributed by atoms with E-state index in [1.54, 1.807) is 38.5 Å². The number of rotatable bonds is 9. The maximum Gasteiger partial charge on any atom is 0.331 e. The standard InChI is InChI=1S/C21H27NO5/c1-25-18-10-8-17(14-19(18)26-2)9-11-21(24)27-15-20(23)22-13-12-16-6-4-3-5-7-16/h6,8-11,14H,3-5,7,12-13,15H2,1-2H3,(H,22,23)/b11-9+. The van der Waals surface area contributed by atoms with E-state index in [2.05, 4.69) is 11.4 Å². The van der Waals surface area contributed by atoms with Gasteiger partial charge in [0, 0.05) is 12.6 Å². The van der Waals surface area contributed by atoms with Gasteiger partial charge in [0.15, 0.2) is 18.1 Å². The summed E-state index contributed by atoms with van der Waals surface area (Å²) in [5, 5.41) is 2.78. The zero-order valence-electron chi connectivity index (χ0n) is 16.0. The van der Waals surface area contributed by atoms with Gasteiger partial charge in [-0.25, -0.2) is 4.79 Å². The Kier molecular flexibility index (Phi) is 8.42. The number of ether oxygens (including phenoxy) is 3. The lowest BCUT2D eigenvalue weighted by Crippen LogP contribution is -2.29. The first-order valence-electron chi connectivity index (χ1n) is 9.14. The molecule has 1 N–H and O–H groups in total. The lowest BCUT2D eigenvalue weighted by atomic mass is 9.97. The van der Waals surface area contributed by atoms with Crippen molar-refractivity contribution in [3.8, 4) is 11.5 Å². The Morgan fingerprint density at radius 3 is 2.67 bits per heavy atom. The molecule has 0 fully saturated rings. The highest BCUT2D eigenvalue weighted by molar-refractivity contribution is 5.89. The number of hydrogen-bond donors (Lipinski definition) is 1. The molecule has 6 heteroatoms. The minimum atomic E-state index is -0.574. The van der Waals surface area contributed by atoms with Gasteiger partial charge in [-0.3, -0.25) is 4.79 Å². The summed E-state index contributed by atoms with van der Waals surface area (Å²) >= 11 is 0. The Bertz CT molecular complexity index is 709. The molecule has 0 aliphatic heterocycles. The van der Waals surface area contributed by atoms with Gasteiger partial charge in [0.2, 0.25) is 0 Å². The molecule has 0 unspecified atom stereocenters. The number of esters is 1. The summed E-state index contributed by atoms with van der Waals surface area (Å²) in [6.45, 7) is 0.290. The number of hydrogen-bond acceptors (Lipinski definition) is 5. The van der Waals surface area contributed by atoms with Crippen LogP contribution in [0.15, 0.2) is 35.9 Å². The van der Waals surface area contributed by atoms with Crippen molar-refractivity contribution in [3.05, 3.63) is 41.5 Å². The second-order valence-electron chi connectivity index (χ2n) is 6.26. The van der Waals surface area contributed by atoms with Crippen molar-refractivity contribution in [2.24, 2.45) is 0 Å². The third-order valence-corrected chi connectivity index (χ3v) is 4.32. The second-order valence-corrected chi connectivity index (χ2v) is 6.26. The van der Waals surface area contributed by atoms with E-state index in [1.165, 1.54) is 24.5 Å². The molecule has 0 bridgehead atoms. The predicted octanol–water partition coefficient (Wildman–Crippen LogP) is 3.27. The van der Waals surface area contributed by atoms with Crippen molar-refractivity contribution < 1.29 is 23.8 Å². The maximum atomic E-state index is 11.8. The van der Waals surface area contributed by atoms with Crippen LogP contribution < -0.4 is 14.8 Å². The van der Waals surface area contributed by atoms with Crippen molar-refractivity contribution in [1.29, 1.82) is 0 Å². The SMILES string of the molecule is COc1ccc(/C=C/C(=O)OCC(=O)NCCC2=CCCCC2)cc1OC. The monoisotopic (exact) mass is 373 g/mol. The van der Waals surface area contributed by atoms with Gasteiger partial charge in [-0.05, 0) is 55.9 Å². The Morgan fingerprint density at radius 2 is 1.96 bits per heavy atom. The van der Waals surface area contributed by atoms with Crippen molar-refractivity contribution in [2.45, 2.75) is 32.1 Å². The summed E-state index contributed by atoms with van der Waals surface area (Å²) in [5.74, 6) is 0.313. The molecule has 0 radical (unpaired) electrons. The van der Waals surface area contributed by atoms with Crippen molar-refractivity contribution in [1.82, 2.24) is 5.32 Å². The van der Waals surface area contributed by atoms with Gasteiger partial charge < -0.3 is 19.5 Å². The average molecular weight is 373 g/mol. The molecule has 1 aromatic carbocycles. The van der Waals surface area contributed by atoms with Gasteiger partial charge in [0.25, 0.3) is 5.91 Å². The first kappa shape index (κ1) is 20.6. The van der Waals surface area contributed by atoms with E-state index in [0.717, 1.165) is 24.8 Å². The molecule has 1 aromatic rings. The van der Waals surface area contributed by atoms with Crippen LogP contribution >= 0.6 is 0 Å². The average Bonchev–Trinajstić information content (AvgIpc) is 2.71. The number of carbonyl (C=O) groups excluding carboxylic acids is 2. The minimum Gasteiger partial charge on any atom is -0.493 e. The second kappa shape index (κ2) is 11.1. The molecular weight excluding hydrogens is 346 g/mol. The lowest BCUT2D eigenvalue weighted by molar-refractivity contribution is -0.143. The van der Waals surface area contributed by atoms with Crippen LogP contribution in [0.4, 0.5) is 0 Å². The van der Waals surface area contributed by atoms with Gasteiger partial charge in [-0.2, -0.15) is 0 Å². The zero-order valence-corrected chi connectivity index (χ0v) is 16.0. The first-order valence-corrected chi connectivity index (χ1v) is 9.14. The van der Waals surface area contributed by atoms with Gasteiger partial charge in [0.05, 0.1) is 14.2 Å². The number of benzene rings is 1. The molecule has 2 rings (SSSR count). The molecule has 0 heterocycles. The molecule has 146 valence electrons. The summed E-state index contributed by atoms with van der Waals surface area (Å²) in [5.41, 5.74) is 2.16. The topological polar surface area (TPSA) is 73.9 Å². The third kappa shape index (κ3) is 7.17. The summed E-state index contributed by atoms with van der Waals surface area (Å²) in [4.78, 5) is 23.5. The van der Waals surface area contributed by atoms with E-state index < -0.39 is 5.97 Å². The van der Waals surface area contributed by atoms with E-state index in [1.807, 2.05) is 0 Å². The maximum absolute atomic E-state index is 11.8. The van der Waals surface area contributed by atoms with E-state index >= 15 is 0 Å². The highest BCUT2D eigenvalue weighted by Crippen LogP contribution is 2.27. The molecule has 0 saturated carbocycles. The Morgan fingerprint density at radius 1 is 1.15 bits per heavy atom. The molecule has 0 atom stereocenters. The predicted molar refractivity (Wildman–Crippen MR) is 104 cm³/mol. The fourth-order valence-electron chi connectivity index (χ4n) is 2.85. The van der Waals surface area contributed by atoms with Crippen LogP contribution in [-0.2, 0) is 14.3 Å². The Labute approximate surface area is 160 Å². The van der Waals surface area contributed by atoms with Crippen LogP contribution in [0.3, 0.4) is 0 Å². The van der Waals surface area contributed by atoms with Gasteiger partial charge in [-0.1, -0.05) is 17.7 Å². The fraction of sp³-hybridized carbons (Fsp3) is 0.429. The van der Waals surface area contributed by atoms with Gasteiger partial charge >= 0.3 is 5.97 Å². The van der Waals surface area contributed by atoms with Crippen molar-refractivity contribution >= 4 is 18.0 Å². The number of nitrogens with one attached hydrogen (secondary N) is 1. The molecule has 27 heavy (non-hydrogen) atoms. The molecule has 0 saturated heterocycles. The molecule has 1 aliphatic rings. The fourth-order valence-corrected chi connectivity index (χ4v) is 2.85. The normalized spacial score (nSPS) is 13.8. The molecule has 6 nitrogen and oxygen atoms in total. The highest BCUT2D eigenvalue weighted by atomic mass is 16.5. The summed E-state index contributed by atoms with van der Waals surface area (Å²) < 4.78 is 15.3. The molecule has 1 amide bonds. The van der Waals surface area contributed by atoms with E-state index in [4.69, 9.17) is 14.2 Å². The molecule has 1 aliphatic carbocycles. The molecule has 0 aromatic heterocycles. The first-order chi connectivity index (χ1) is 13.1. The van der Waals surface area contributed by atoms with Crippen molar-refractivity contribution in [3.63, 3.8) is 0 Å². The Hall–Kier alpha value is -2.76. The smallest absolute Gasteiger partial charge is 0.331 e. The van der Waals surface area contributed by atoms with E-state index in [-0.39, 0.29) is 12.5 Å². The lowest BCUT2D eigenvalue weighted by Gasteiger charge is -2.12. The van der Waals surface area contributed by atoms with Crippen LogP contribution in [0.5, 0.6) is 11.5 Å². The van der Waals surface area contributed by atoms with Gasteiger partial charge in [0.1, 0.15) is 0 Å². The minimum absolute atomic E-state index is 0.284. The van der Waals surface area contributed by atoms with Crippen LogP contribution in [0.25, 0.3) is 6.08 Å². The molecular formula is C21H27NO5. The highest BCUT2D eigenvalue weighted by Gasteiger charge is 2.07. The number of methoxy groups -OCH3 is 2.